The number of ether oxygens (including phenoxy) is 1. The molecule has 0 amide bonds. The molecule has 10 heavy (non-hydrogen) atoms. The first-order chi connectivity index (χ1) is 4.84. The molecule has 3 nitrogen and oxygen atoms in total. The van der Waals surface area contributed by atoms with Crippen LogP contribution in [0.1, 0.15) is 6.42 Å². The Hall–Kier alpha value is -0.380. The topological polar surface area (TPSA) is 55.5 Å². The summed E-state index contributed by atoms with van der Waals surface area (Å²) in [6, 6.07) is -0.232. The summed E-state index contributed by atoms with van der Waals surface area (Å²) in [7, 11) is 0. The van der Waals surface area contributed by atoms with E-state index < -0.39 is 0 Å². The summed E-state index contributed by atoms with van der Waals surface area (Å²) in [5, 5.41) is 8.66. The second-order valence-electron chi connectivity index (χ2n) is 2.43. The van der Waals surface area contributed by atoms with Crippen molar-refractivity contribution in [3.8, 4) is 0 Å². The molecule has 0 unspecified atom stereocenters. The van der Waals surface area contributed by atoms with E-state index in [1.165, 1.54) is 0 Å². The van der Waals surface area contributed by atoms with E-state index in [0.29, 0.717) is 6.61 Å². The van der Waals surface area contributed by atoms with Crippen molar-refractivity contribution in [2.75, 3.05) is 13.2 Å². The predicted molar refractivity (Wildman–Crippen MR) is 38.6 cm³/mol. The quantitative estimate of drug-likeness (QED) is 0.519. The van der Waals surface area contributed by atoms with Crippen LogP contribution in [0.5, 0.6) is 0 Å². The Morgan fingerprint density at radius 1 is 1.70 bits per heavy atom. The van der Waals surface area contributed by atoms with E-state index in [0.717, 1.165) is 6.42 Å². The van der Waals surface area contributed by atoms with Crippen molar-refractivity contribution >= 4 is 0 Å². The summed E-state index contributed by atoms with van der Waals surface area (Å²) in [4.78, 5) is 0. The molecule has 1 rings (SSSR count). The van der Waals surface area contributed by atoms with Crippen molar-refractivity contribution in [2.45, 2.75) is 18.6 Å². The maximum Gasteiger partial charge on any atom is 0.0786 e. The van der Waals surface area contributed by atoms with Crippen LogP contribution in [0.3, 0.4) is 0 Å². The second-order valence-corrected chi connectivity index (χ2v) is 2.43. The number of aliphatic hydroxyl groups is 1. The first-order valence-electron chi connectivity index (χ1n) is 3.47. The Kier molecular flexibility index (Phi) is 2.86. The number of hydrogen-bond acceptors (Lipinski definition) is 3. The monoisotopic (exact) mass is 143 g/mol. The molecular formula is C7H13NO2. The molecular weight excluding hydrogens is 130 g/mol. The van der Waals surface area contributed by atoms with Crippen LogP contribution in [0.25, 0.3) is 0 Å². The molecule has 0 bridgehead atoms. The van der Waals surface area contributed by atoms with Gasteiger partial charge in [0, 0.05) is 0 Å². The molecule has 0 aromatic heterocycles. The largest absolute Gasteiger partial charge is 0.395 e. The normalized spacial score (nSPS) is 28.4. The molecule has 1 heterocycles. The average molecular weight is 143 g/mol. The van der Waals surface area contributed by atoms with E-state index in [9.17, 15) is 0 Å². The van der Waals surface area contributed by atoms with Crippen LogP contribution in [0.15, 0.2) is 12.2 Å². The molecule has 0 spiro atoms. The van der Waals surface area contributed by atoms with Crippen LogP contribution in [0.2, 0.25) is 0 Å². The van der Waals surface area contributed by atoms with Gasteiger partial charge in [-0.25, -0.2) is 0 Å². The van der Waals surface area contributed by atoms with E-state index in [-0.39, 0.29) is 18.8 Å². The maximum atomic E-state index is 8.66. The Labute approximate surface area is 60.5 Å². The van der Waals surface area contributed by atoms with Gasteiger partial charge in [-0.3, -0.25) is 0 Å². The lowest BCUT2D eigenvalue weighted by molar-refractivity contribution is 0.0329. The van der Waals surface area contributed by atoms with Gasteiger partial charge < -0.3 is 15.6 Å². The summed E-state index contributed by atoms with van der Waals surface area (Å²) in [6.45, 7) is 0.622. The molecule has 0 aliphatic carbocycles. The standard InChI is InChI=1S/C7H13NO2/c8-6(5-9)7-3-1-2-4-10-7/h1-2,6-7,9H,3-5,8H2/t6-,7+/m0/s1. The molecule has 58 valence electrons. The zero-order valence-electron chi connectivity index (χ0n) is 5.86. The molecule has 3 N–H and O–H groups in total. The maximum absolute atomic E-state index is 8.66. The van der Waals surface area contributed by atoms with E-state index in [2.05, 4.69) is 0 Å². The van der Waals surface area contributed by atoms with Gasteiger partial charge in [-0.1, -0.05) is 12.2 Å². The smallest absolute Gasteiger partial charge is 0.0786 e. The number of hydrogen-bond donors (Lipinski definition) is 2. The number of aliphatic hydroxyl groups excluding tert-OH is 1. The van der Waals surface area contributed by atoms with E-state index in [1.807, 2.05) is 12.2 Å². The Morgan fingerprint density at radius 3 is 3.00 bits per heavy atom. The van der Waals surface area contributed by atoms with Gasteiger partial charge in [-0.15, -0.1) is 0 Å². The van der Waals surface area contributed by atoms with E-state index in [1.54, 1.807) is 0 Å². The zero-order valence-corrected chi connectivity index (χ0v) is 5.86. The fraction of sp³-hybridized carbons (Fsp3) is 0.714. The summed E-state index contributed by atoms with van der Waals surface area (Å²) < 4.78 is 5.26. The SMILES string of the molecule is N[C@@H](CO)[C@H]1CC=CCO1. The van der Waals surface area contributed by atoms with Crippen LogP contribution < -0.4 is 5.73 Å². The molecule has 2 atom stereocenters. The highest BCUT2D eigenvalue weighted by Crippen LogP contribution is 2.08. The van der Waals surface area contributed by atoms with Crippen molar-refractivity contribution in [3.63, 3.8) is 0 Å². The Bertz CT molecular complexity index is 125. The third kappa shape index (κ3) is 1.80. The van der Waals surface area contributed by atoms with Gasteiger partial charge >= 0.3 is 0 Å². The first kappa shape index (κ1) is 7.72. The zero-order chi connectivity index (χ0) is 7.40. The summed E-state index contributed by atoms with van der Waals surface area (Å²) in [5.74, 6) is 0. The molecule has 0 saturated heterocycles. The molecule has 0 radical (unpaired) electrons. The van der Waals surface area contributed by atoms with E-state index >= 15 is 0 Å². The van der Waals surface area contributed by atoms with Crippen LogP contribution in [-0.4, -0.2) is 30.5 Å². The van der Waals surface area contributed by atoms with Gasteiger partial charge in [-0.2, -0.15) is 0 Å². The summed E-state index contributed by atoms with van der Waals surface area (Å²) in [5.41, 5.74) is 5.54. The van der Waals surface area contributed by atoms with Crippen LogP contribution in [-0.2, 0) is 4.74 Å². The molecule has 0 fully saturated rings. The van der Waals surface area contributed by atoms with Gasteiger partial charge in [0.2, 0.25) is 0 Å². The first-order valence-corrected chi connectivity index (χ1v) is 3.47. The van der Waals surface area contributed by atoms with Crippen LogP contribution >= 0.6 is 0 Å². The Morgan fingerprint density at radius 2 is 2.50 bits per heavy atom. The van der Waals surface area contributed by atoms with Gasteiger partial charge in [0.05, 0.1) is 25.4 Å². The van der Waals surface area contributed by atoms with Gasteiger partial charge in [0.1, 0.15) is 0 Å². The van der Waals surface area contributed by atoms with E-state index in [4.69, 9.17) is 15.6 Å². The second kappa shape index (κ2) is 3.71. The molecule has 3 heteroatoms. The van der Waals surface area contributed by atoms with Crippen LogP contribution in [0.4, 0.5) is 0 Å². The minimum absolute atomic E-state index is 0.00148. The molecule has 0 saturated carbocycles. The van der Waals surface area contributed by atoms with Crippen molar-refractivity contribution in [1.82, 2.24) is 0 Å². The van der Waals surface area contributed by atoms with Crippen molar-refractivity contribution < 1.29 is 9.84 Å². The van der Waals surface area contributed by atoms with Crippen molar-refractivity contribution in [2.24, 2.45) is 5.73 Å². The molecule has 0 aromatic carbocycles. The highest BCUT2D eigenvalue weighted by atomic mass is 16.5. The average Bonchev–Trinajstić information content (AvgIpc) is 2.05. The minimum atomic E-state index is -0.232. The van der Waals surface area contributed by atoms with Crippen LogP contribution in [0, 0.1) is 0 Å². The lowest BCUT2D eigenvalue weighted by Crippen LogP contribution is -2.40. The lowest BCUT2D eigenvalue weighted by atomic mass is 10.1. The lowest BCUT2D eigenvalue weighted by Gasteiger charge is -2.23. The predicted octanol–water partition coefficient (Wildman–Crippen LogP) is -0.349. The summed E-state index contributed by atoms with van der Waals surface area (Å²) >= 11 is 0. The highest BCUT2D eigenvalue weighted by Gasteiger charge is 2.17. The van der Waals surface area contributed by atoms with Gasteiger partial charge in [0.25, 0.3) is 0 Å². The minimum Gasteiger partial charge on any atom is -0.395 e. The van der Waals surface area contributed by atoms with Crippen molar-refractivity contribution in [3.05, 3.63) is 12.2 Å². The highest BCUT2D eigenvalue weighted by molar-refractivity contribution is 4.92. The van der Waals surface area contributed by atoms with Crippen molar-refractivity contribution in [1.29, 1.82) is 0 Å². The van der Waals surface area contributed by atoms with Gasteiger partial charge in [0.15, 0.2) is 0 Å². The molecule has 0 aromatic rings. The third-order valence-electron chi connectivity index (χ3n) is 1.63. The molecule has 1 aliphatic heterocycles. The molecule has 1 aliphatic rings. The third-order valence-corrected chi connectivity index (χ3v) is 1.63. The summed E-state index contributed by atoms with van der Waals surface area (Å²) in [6.07, 6.45) is 4.82. The number of nitrogens with two attached hydrogens (primary N) is 1. The Balaban J connectivity index is 2.33. The fourth-order valence-electron chi connectivity index (χ4n) is 0.962. The fourth-order valence-corrected chi connectivity index (χ4v) is 0.962. The number of rotatable bonds is 2. The van der Waals surface area contributed by atoms with Gasteiger partial charge in [-0.05, 0) is 6.42 Å².